The second-order valence-corrected chi connectivity index (χ2v) is 3.28. The van der Waals surface area contributed by atoms with E-state index in [4.69, 9.17) is 11.6 Å². The first-order valence-electron chi connectivity index (χ1n) is 4.09. The van der Waals surface area contributed by atoms with Gasteiger partial charge in [0.25, 0.3) is 0 Å². The number of benzene rings is 1. The smallest absolute Gasteiger partial charge is 0.447 e. The summed E-state index contributed by atoms with van der Waals surface area (Å²) in [5, 5.41) is 0. The minimum atomic E-state index is -3.96. The molecule has 1 aromatic rings. The first-order chi connectivity index (χ1) is 7.03. The average Bonchev–Trinajstić information content (AvgIpc) is 2.18. The Morgan fingerprint density at radius 3 is 2.73 bits per heavy atom. The van der Waals surface area contributed by atoms with E-state index in [-0.39, 0.29) is 17.4 Å². The molecule has 0 spiro atoms. The molecule has 0 aromatic heterocycles. The van der Waals surface area contributed by atoms with Gasteiger partial charge in [0, 0.05) is 5.88 Å². The lowest BCUT2D eigenvalue weighted by atomic mass is 10.2. The van der Waals surface area contributed by atoms with Crippen molar-refractivity contribution in [3.8, 4) is 11.5 Å². The molecule has 6 heteroatoms. The van der Waals surface area contributed by atoms with Gasteiger partial charge in [-0.3, -0.25) is 0 Å². The quantitative estimate of drug-likeness (QED) is 0.700. The monoisotopic (exact) mass is 238 g/mol. The van der Waals surface area contributed by atoms with Crippen molar-refractivity contribution in [2.45, 2.75) is 18.3 Å². The molecule has 2 rings (SSSR count). The molecular formula is C9H6ClF3O2. The van der Waals surface area contributed by atoms with Gasteiger partial charge in [-0.1, -0.05) is 6.07 Å². The van der Waals surface area contributed by atoms with Crippen molar-refractivity contribution in [3.63, 3.8) is 0 Å². The van der Waals surface area contributed by atoms with E-state index >= 15 is 0 Å². The number of rotatable bonds is 1. The Bertz CT molecular complexity index is 384. The third-order valence-electron chi connectivity index (χ3n) is 1.90. The average molecular weight is 239 g/mol. The summed E-state index contributed by atoms with van der Waals surface area (Å²) >= 11 is 5.51. The van der Waals surface area contributed by atoms with Crippen molar-refractivity contribution in [2.75, 3.05) is 0 Å². The second kappa shape index (κ2) is 3.48. The van der Waals surface area contributed by atoms with Gasteiger partial charge in [0.1, 0.15) is 0 Å². The summed E-state index contributed by atoms with van der Waals surface area (Å²) in [4.78, 5) is 0. The van der Waals surface area contributed by atoms with E-state index in [9.17, 15) is 13.2 Å². The molecule has 0 saturated carbocycles. The van der Waals surface area contributed by atoms with Crippen LogP contribution in [0.4, 0.5) is 13.2 Å². The van der Waals surface area contributed by atoms with Crippen LogP contribution in [0.1, 0.15) is 5.56 Å². The van der Waals surface area contributed by atoms with Gasteiger partial charge < -0.3 is 9.47 Å². The standard InChI is InChI=1S/C9H6ClF3O2/c10-4-5-1-2-6-7(3-5)15-9(12,13)8(11)14-6/h1-3,8H,4H2. The van der Waals surface area contributed by atoms with E-state index in [1.54, 1.807) is 6.07 Å². The summed E-state index contributed by atoms with van der Waals surface area (Å²) in [5.41, 5.74) is 0.590. The van der Waals surface area contributed by atoms with Gasteiger partial charge in [-0.15, -0.1) is 11.6 Å². The highest BCUT2D eigenvalue weighted by molar-refractivity contribution is 6.17. The maximum absolute atomic E-state index is 12.8. The number of hydrogen-bond acceptors (Lipinski definition) is 2. The van der Waals surface area contributed by atoms with Crippen LogP contribution < -0.4 is 9.47 Å². The highest BCUT2D eigenvalue weighted by Gasteiger charge is 2.49. The van der Waals surface area contributed by atoms with Crippen molar-refractivity contribution in [3.05, 3.63) is 23.8 Å². The van der Waals surface area contributed by atoms with Gasteiger partial charge in [0.05, 0.1) is 0 Å². The van der Waals surface area contributed by atoms with Crippen LogP contribution in [0.5, 0.6) is 11.5 Å². The molecule has 1 aromatic carbocycles. The van der Waals surface area contributed by atoms with Crippen LogP contribution in [0.25, 0.3) is 0 Å². The molecule has 1 aliphatic rings. The van der Waals surface area contributed by atoms with E-state index in [0.717, 1.165) is 0 Å². The molecule has 1 heterocycles. The minimum Gasteiger partial charge on any atom is -0.447 e. The number of fused-ring (bicyclic) bond motifs is 1. The summed E-state index contributed by atoms with van der Waals surface area (Å²) in [5.74, 6) is -0.101. The number of alkyl halides is 4. The fourth-order valence-corrected chi connectivity index (χ4v) is 1.35. The van der Waals surface area contributed by atoms with Crippen molar-refractivity contribution < 1.29 is 22.6 Å². The Balaban J connectivity index is 2.37. The Hall–Kier alpha value is -1.10. The summed E-state index contributed by atoms with van der Waals surface area (Å²) in [7, 11) is 0. The van der Waals surface area contributed by atoms with Gasteiger partial charge >= 0.3 is 12.5 Å². The van der Waals surface area contributed by atoms with Crippen LogP contribution in [-0.4, -0.2) is 12.5 Å². The van der Waals surface area contributed by atoms with Crippen LogP contribution in [0, 0.1) is 0 Å². The van der Waals surface area contributed by atoms with Gasteiger partial charge in [0.2, 0.25) is 0 Å². The predicted octanol–water partition coefficient (Wildman–Crippen LogP) is 3.09. The zero-order chi connectivity index (χ0) is 11.1. The van der Waals surface area contributed by atoms with Crippen LogP contribution >= 0.6 is 11.6 Å². The maximum Gasteiger partial charge on any atom is 0.468 e. The Kier molecular flexibility index (Phi) is 2.42. The Labute approximate surface area is 88.5 Å². The van der Waals surface area contributed by atoms with E-state index in [1.807, 2.05) is 0 Å². The van der Waals surface area contributed by atoms with Crippen molar-refractivity contribution in [2.24, 2.45) is 0 Å². The summed E-state index contributed by atoms with van der Waals surface area (Å²) in [6.07, 6.45) is -6.75. The highest BCUT2D eigenvalue weighted by atomic mass is 35.5. The molecule has 0 fully saturated rings. The van der Waals surface area contributed by atoms with Gasteiger partial charge in [-0.2, -0.15) is 13.2 Å². The van der Waals surface area contributed by atoms with Crippen molar-refractivity contribution >= 4 is 11.6 Å². The number of halogens is 4. The Morgan fingerprint density at radius 1 is 1.33 bits per heavy atom. The first-order valence-corrected chi connectivity index (χ1v) is 4.63. The molecule has 15 heavy (non-hydrogen) atoms. The lowest BCUT2D eigenvalue weighted by Crippen LogP contribution is -2.43. The summed E-state index contributed by atoms with van der Waals surface area (Å²) in [6, 6.07) is 4.18. The second-order valence-electron chi connectivity index (χ2n) is 3.01. The molecule has 0 N–H and O–H groups in total. The summed E-state index contributed by atoms with van der Waals surface area (Å²) < 4.78 is 46.8. The molecule has 0 saturated heterocycles. The van der Waals surface area contributed by atoms with E-state index < -0.39 is 12.5 Å². The largest absolute Gasteiger partial charge is 0.468 e. The van der Waals surface area contributed by atoms with Gasteiger partial charge in [-0.25, -0.2) is 0 Å². The Morgan fingerprint density at radius 2 is 2.07 bits per heavy atom. The van der Waals surface area contributed by atoms with Crippen LogP contribution in [0.2, 0.25) is 0 Å². The highest BCUT2D eigenvalue weighted by Crippen LogP contribution is 2.40. The van der Waals surface area contributed by atoms with Gasteiger partial charge in [0.15, 0.2) is 11.5 Å². The zero-order valence-electron chi connectivity index (χ0n) is 7.34. The molecule has 0 amide bonds. The third-order valence-corrected chi connectivity index (χ3v) is 2.21. The molecular weight excluding hydrogens is 233 g/mol. The molecule has 1 aliphatic heterocycles. The van der Waals surface area contributed by atoms with Crippen molar-refractivity contribution in [1.82, 2.24) is 0 Å². The topological polar surface area (TPSA) is 18.5 Å². The molecule has 2 nitrogen and oxygen atoms in total. The third kappa shape index (κ3) is 1.84. The van der Waals surface area contributed by atoms with Gasteiger partial charge in [-0.05, 0) is 17.7 Å². The maximum atomic E-state index is 12.8. The molecule has 0 radical (unpaired) electrons. The first kappa shape index (κ1) is 10.4. The fourth-order valence-electron chi connectivity index (χ4n) is 1.19. The van der Waals surface area contributed by atoms with Crippen LogP contribution in [0.15, 0.2) is 18.2 Å². The van der Waals surface area contributed by atoms with E-state index in [0.29, 0.717) is 5.56 Å². The molecule has 0 aliphatic carbocycles. The molecule has 1 unspecified atom stereocenters. The lowest BCUT2D eigenvalue weighted by molar-refractivity contribution is -0.281. The molecule has 1 atom stereocenters. The zero-order valence-corrected chi connectivity index (χ0v) is 8.10. The van der Waals surface area contributed by atoms with Crippen LogP contribution in [0.3, 0.4) is 0 Å². The minimum absolute atomic E-state index is 0.0534. The predicted molar refractivity (Wildman–Crippen MR) is 47.1 cm³/mol. The summed E-state index contributed by atoms with van der Waals surface area (Å²) in [6.45, 7) is 0. The number of hydrogen-bond donors (Lipinski definition) is 0. The SMILES string of the molecule is FC1Oc2ccc(CCl)cc2OC1(F)F. The number of ether oxygens (including phenoxy) is 2. The lowest BCUT2D eigenvalue weighted by Gasteiger charge is -2.28. The van der Waals surface area contributed by atoms with E-state index in [1.165, 1.54) is 12.1 Å². The fraction of sp³-hybridized carbons (Fsp3) is 0.333. The van der Waals surface area contributed by atoms with Crippen molar-refractivity contribution in [1.29, 1.82) is 0 Å². The molecule has 82 valence electrons. The van der Waals surface area contributed by atoms with Crippen LogP contribution in [-0.2, 0) is 5.88 Å². The normalized spacial score (nSPS) is 22.5. The molecule has 0 bridgehead atoms. The van der Waals surface area contributed by atoms with E-state index in [2.05, 4.69) is 9.47 Å².